The normalized spacial score (nSPS) is 17.0. The van der Waals surface area contributed by atoms with Crippen molar-refractivity contribution in [1.29, 1.82) is 0 Å². The molecule has 0 radical (unpaired) electrons. The molecule has 366 valence electrons. The number of rotatable bonds is 16. The summed E-state index contributed by atoms with van der Waals surface area (Å²) in [5.74, 6) is 0.510. The predicted molar refractivity (Wildman–Crippen MR) is 273 cm³/mol. The van der Waals surface area contributed by atoms with Crippen molar-refractivity contribution in [1.82, 2.24) is 40.6 Å². The molecule has 6 aromatic rings. The second kappa shape index (κ2) is 21.4. The Morgan fingerprint density at radius 3 is 2.39 bits per heavy atom. The first kappa shape index (κ1) is 50.1. The molecule has 8 rings (SSSR count). The molecular weight excluding hydrogens is 946 g/mol. The monoisotopic (exact) mass is 1000 g/mol. The lowest BCUT2D eigenvalue weighted by Crippen LogP contribution is -2.58. The Labute approximate surface area is 420 Å². The maximum absolute atomic E-state index is 14.2. The molecule has 2 aliphatic rings. The Hall–Kier alpha value is -6.27. The number of aliphatic imine (C=N–C) groups is 1. The van der Waals surface area contributed by atoms with Crippen molar-refractivity contribution in [2.75, 3.05) is 19.7 Å². The second-order valence-corrected chi connectivity index (χ2v) is 21.4. The Morgan fingerprint density at radius 1 is 0.929 bits per heavy atom. The molecule has 70 heavy (non-hydrogen) atoms. The summed E-state index contributed by atoms with van der Waals surface area (Å²) in [5.41, 5.74) is 8.46. The number of thiazole rings is 1. The van der Waals surface area contributed by atoms with Gasteiger partial charge in [0.2, 0.25) is 23.6 Å². The highest BCUT2D eigenvalue weighted by Crippen LogP contribution is 2.40. The molecule has 3 aromatic carbocycles. The van der Waals surface area contributed by atoms with E-state index in [4.69, 9.17) is 21.3 Å². The summed E-state index contributed by atoms with van der Waals surface area (Å²) in [7, 11) is 0. The van der Waals surface area contributed by atoms with Crippen molar-refractivity contribution in [2.45, 2.75) is 105 Å². The van der Waals surface area contributed by atoms with Crippen molar-refractivity contribution in [3.05, 3.63) is 133 Å². The average Bonchev–Trinajstić information content (AvgIpc) is 4.09. The molecule has 0 unspecified atom stereocenters. The van der Waals surface area contributed by atoms with Crippen LogP contribution < -0.4 is 20.7 Å². The van der Waals surface area contributed by atoms with Crippen LogP contribution in [0.3, 0.4) is 0 Å². The van der Waals surface area contributed by atoms with Crippen molar-refractivity contribution in [3.63, 3.8) is 0 Å². The van der Waals surface area contributed by atoms with Crippen molar-refractivity contribution >= 4 is 63.6 Å². The summed E-state index contributed by atoms with van der Waals surface area (Å²) in [6.45, 7) is 14.5. The standard InChI is InChI=1S/C52H58ClN9O6S2/c1-29-31(3)70-51-44(29)45(35-16-18-37(53)19-17-35)57-40(48-60-59-32(4)62(48)51)25-42(64)54-20-9-21-68-39-11-8-10-34(22-39)23-43(65)58-47(52(5,6)7)50(67)61-27-38(63)24-41(61)49(66)55-26-33-12-14-36(15-13-33)46-30(2)56-28-69-46/h8,10-19,22,28,38,40-41,47,63H,9,20-21,23-27H2,1-7H3,(H,54,64)(H,55,66)(H,58,65)/t38-,40+,41+,47-/m1/s1. The molecule has 1 fully saturated rings. The van der Waals surface area contributed by atoms with Crippen LogP contribution in [0.1, 0.15) is 96.1 Å². The molecule has 0 spiro atoms. The highest BCUT2D eigenvalue weighted by atomic mass is 35.5. The number of benzene rings is 3. The molecule has 0 bridgehead atoms. The minimum absolute atomic E-state index is 0.0218. The van der Waals surface area contributed by atoms with E-state index in [9.17, 15) is 24.3 Å². The number of nitrogens with zero attached hydrogens (tertiary/aromatic N) is 6. The van der Waals surface area contributed by atoms with E-state index >= 15 is 0 Å². The molecule has 18 heteroatoms. The number of aliphatic hydroxyl groups excluding tert-OH is 1. The quantitative estimate of drug-likeness (QED) is 0.0709. The molecule has 3 aromatic heterocycles. The third-order valence-electron chi connectivity index (χ3n) is 12.6. The van der Waals surface area contributed by atoms with Gasteiger partial charge in [-0.3, -0.25) is 28.7 Å². The molecule has 5 heterocycles. The highest BCUT2D eigenvalue weighted by molar-refractivity contribution is 7.15. The first-order valence-electron chi connectivity index (χ1n) is 23.3. The number of amides is 4. The number of aromatic nitrogens is 4. The van der Waals surface area contributed by atoms with Gasteiger partial charge in [0.25, 0.3) is 0 Å². The van der Waals surface area contributed by atoms with Crippen LogP contribution in [-0.2, 0) is 32.1 Å². The number of nitrogens with one attached hydrogen (secondary N) is 3. The maximum Gasteiger partial charge on any atom is 0.246 e. The molecule has 2 aliphatic heterocycles. The van der Waals surface area contributed by atoms with Crippen LogP contribution in [0.4, 0.5) is 0 Å². The smallest absolute Gasteiger partial charge is 0.246 e. The fraction of sp³-hybridized carbons (Fsp3) is 0.385. The number of hydrogen-bond acceptors (Lipinski definition) is 12. The number of aryl methyl sites for hydroxylation is 3. The summed E-state index contributed by atoms with van der Waals surface area (Å²) >= 11 is 9.48. The van der Waals surface area contributed by atoms with Gasteiger partial charge in [0.05, 0.1) is 47.3 Å². The van der Waals surface area contributed by atoms with Crippen LogP contribution in [0.15, 0.2) is 83.3 Å². The fourth-order valence-corrected chi connectivity index (χ4v) is 10.9. The van der Waals surface area contributed by atoms with Gasteiger partial charge in [-0.2, -0.15) is 0 Å². The van der Waals surface area contributed by atoms with E-state index in [1.165, 1.54) is 4.90 Å². The Balaban J connectivity index is 0.829. The zero-order valence-corrected chi connectivity index (χ0v) is 42.7. The molecular formula is C52H58ClN9O6S2. The van der Waals surface area contributed by atoms with Crippen LogP contribution in [0.2, 0.25) is 5.02 Å². The van der Waals surface area contributed by atoms with Crippen LogP contribution >= 0.6 is 34.3 Å². The average molecular weight is 1000 g/mol. The number of hydrogen-bond donors (Lipinski definition) is 4. The van der Waals surface area contributed by atoms with Crippen molar-refractivity contribution in [2.24, 2.45) is 10.4 Å². The zero-order chi connectivity index (χ0) is 49.9. The maximum atomic E-state index is 14.2. The lowest BCUT2D eigenvalue weighted by atomic mass is 9.85. The van der Waals surface area contributed by atoms with Gasteiger partial charge in [-0.15, -0.1) is 32.9 Å². The number of ether oxygens (including phenoxy) is 1. The number of carbonyl (C=O) groups excluding carboxylic acids is 4. The third kappa shape index (κ3) is 11.3. The minimum Gasteiger partial charge on any atom is -0.494 e. The topological polar surface area (TPSA) is 193 Å². The lowest BCUT2D eigenvalue weighted by Gasteiger charge is -2.35. The van der Waals surface area contributed by atoms with E-state index < -0.39 is 35.6 Å². The van der Waals surface area contributed by atoms with E-state index in [1.54, 1.807) is 40.9 Å². The van der Waals surface area contributed by atoms with Gasteiger partial charge in [0.1, 0.15) is 34.7 Å². The molecule has 4 N–H and O–H groups in total. The van der Waals surface area contributed by atoms with Crippen LogP contribution in [0.5, 0.6) is 5.75 Å². The van der Waals surface area contributed by atoms with Crippen LogP contribution in [0, 0.1) is 33.1 Å². The van der Waals surface area contributed by atoms with Gasteiger partial charge in [0.15, 0.2) is 5.82 Å². The number of halogens is 1. The van der Waals surface area contributed by atoms with Crippen LogP contribution in [0.25, 0.3) is 15.4 Å². The minimum atomic E-state index is -0.970. The number of β-amino-alcohol motifs (C(OH)–C–C–N with tert-alkyl or cyclic N) is 1. The zero-order valence-electron chi connectivity index (χ0n) is 40.3. The Kier molecular flexibility index (Phi) is 15.3. The van der Waals surface area contributed by atoms with E-state index in [1.807, 2.05) is 99.3 Å². The summed E-state index contributed by atoms with van der Waals surface area (Å²) in [4.78, 5) is 68.0. The summed E-state index contributed by atoms with van der Waals surface area (Å²) in [5, 5.41) is 30.1. The van der Waals surface area contributed by atoms with Gasteiger partial charge >= 0.3 is 0 Å². The highest BCUT2D eigenvalue weighted by Gasteiger charge is 2.44. The van der Waals surface area contributed by atoms with Gasteiger partial charge in [-0.05, 0) is 86.1 Å². The first-order valence-corrected chi connectivity index (χ1v) is 25.4. The second-order valence-electron chi connectivity index (χ2n) is 18.9. The number of aliphatic hydroxyl groups is 1. The molecule has 4 atom stereocenters. The molecule has 0 aliphatic carbocycles. The van der Waals surface area contributed by atoms with Gasteiger partial charge < -0.3 is 30.7 Å². The Morgan fingerprint density at radius 2 is 1.67 bits per heavy atom. The largest absolute Gasteiger partial charge is 0.494 e. The van der Waals surface area contributed by atoms with Gasteiger partial charge in [-0.25, -0.2) is 4.98 Å². The van der Waals surface area contributed by atoms with Crippen molar-refractivity contribution in [3.8, 4) is 21.2 Å². The Bertz CT molecular complexity index is 2920. The lowest BCUT2D eigenvalue weighted by molar-refractivity contribution is -0.144. The van der Waals surface area contributed by atoms with E-state index in [0.29, 0.717) is 47.6 Å². The summed E-state index contributed by atoms with van der Waals surface area (Å²) < 4.78 is 8.06. The van der Waals surface area contributed by atoms with Crippen molar-refractivity contribution < 1.29 is 29.0 Å². The van der Waals surface area contributed by atoms with E-state index in [-0.39, 0.29) is 50.1 Å². The summed E-state index contributed by atoms with van der Waals surface area (Å²) in [6, 6.07) is 20.2. The molecule has 15 nitrogen and oxygen atoms in total. The SMILES string of the molecule is Cc1ncsc1-c1ccc(CNC(=O)[C@@H]2C[C@@H](O)CN2C(=O)[C@@H](NC(=O)Cc2cccc(OCCCNC(=O)C[C@@H]3N=C(c4ccc(Cl)cc4)c4c(sc(C)c4C)-n4c(C)nnc43)c2)C(C)(C)C)cc1. The molecule has 0 saturated carbocycles. The number of carbonyl (C=O) groups is 4. The number of likely N-dealkylation sites (tertiary alicyclic amines) is 1. The summed E-state index contributed by atoms with van der Waals surface area (Å²) in [6.07, 6.45) is -0.231. The van der Waals surface area contributed by atoms with Gasteiger partial charge in [0, 0.05) is 47.1 Å². The van der Waals surface area contributed by atoms with E-state index in [0.717, 1.165) is 54.0 Å². The molecule has 1 saturated heterocycles. The van der Waals surface area contributed by atoms with Gasteiger partial charge in [-0.1, -0.05) is 80.9 Å². The first-order chi connectivity index (χ1) is 33.4. The number of thiophene rings is 1. The third-order valence-corrected chi connectivity index (χ3v) is 15.0. The molecule has 4 amide bonds. The van der Waals surface area contributed by atoms with E-state index in [2.05, 4.69) is 45.0 Å². The number of fused-ring (bicyclic) bond motifs is 3. The fourth-order valence-electron chi connectivity index (χ4n) is 8.79. The van der Waals surface area contributed by atoms with Crippen LogP contribution in [-0.4, -0.2) is 97.0 Å². The predicted octanol–water partition coefficient (Wildman–Crippen LogP) is 7.56.